The lowest BCUT2D eigenvalue weighted by molar-refractivity contribution is -0.136. The maximum Gasteiger partial charge on any atom is 0.241 e. The molecule has 2 aromatic rings. The predicted octanol–water partition coefficient (Wildman–Crippen LogP) is 1.95. The number of nitrogens with zero attached hydrogens (tertiary/aromatic N) is 1. The summed E-state index contributed by atoms with van der Waals surface area (Å²) in [4.78, 5) is 26.2. The van der Waals surface area contributed by atoms with Gasteiger partial charge in [0.1, 0.15) is 6.04 Å². The first-order chi connectivity index (χ1) is 14.3. The van der Waals surface area contributed by atoms with Gasteiger partial charge in [0.25, 0.3) is 0 Å². The minimum atomic E-state index is -3.93. The highest BCUT2D eigenvalue weighted by Gasteiger charge is 2.32. The summed E-state index contributed by atoms with van der Waals surface area (Å²) in [6.07, 6.45) is 1.16. The number of sulfonamides is 1. The first kappa shape index (κ1) is 22.3. The Morgan fingerprint density at radius 3 is 2.23 bits per heavy atom. The van der Waals surface area contributed by atoms with E-state index in [-0.39, 0.29) is 29.0 Å². The Morgan fingerprint density at radius 1 is 1.07 bits per heavy atom. The minimum Gasteiger partial charge on any atom is -0.369 e. The van der Waals surface area contributed by atoms with Gasteiger partial charge in [-0.15, -0.1) is 0 Å². The van der Waals surface area contributed by atoms with Gasteiger partial charge in [0.2, 0.25) is 21.8 Å². The molecule has 7 nitrogen and oxygen atoms in total. The van der Waals surface area contributed by atoms with E-state index < -0.39 is 16.1 Å². The minimum absolute atomic E-state index is 0.0326. The normalized spacial score (nSPS) is 16.2. The van der Waals surface area contributed by atoms with E-state index in [1.54, 1.807) is 4.90 Å². The maximum atomic E-state index is 13.2. The zero-order valence-electron chi connectivity index (χ0n) is 16.3. The molecule has 0 spiro atoms. The number of carbonyl (C=O) groups excluding carboxylic acids is 2. The zero-order chi connectivity index (χ0) is 21.7. The van der Waals surface area contributed by atoms with Crippen molar-refractivity contribution in [2.75, 3.05) is 13.1 Å². The molecular formula is C21H24ClN3O4S. The van der Waals surface area contributed by atoms with E-state index in [9.17, 15) is 18.0 Å². The third-order valence-electron chi connectivity index (χ3n) is 5.21. The fraction of sp³-hybridized carbons (Fsp3) is 0.333. The number of carbonyl (C=O) groups is 2. The molecular weight excluding hydrogens is 426 g/mol. The third kappa shape index (κ3) is 5.59. The molecule has 0 saturated carbocycles. The van der Waals surface area contributed by atoms with Crippen LogP contribution in [0.4, 0.5) is 0 Å². The van der Waals surface area contributed by atoms with Crippen molar-refractivity contribution in [1.29, 1.82) is 0 Å². The van der Waals surface area contributed by atoms with Crippen LogP contribution >= 0.6 is 11.6 Å². The van der Waals surface area contributed by atoms with E-state index in [1.165, 1.54) is 24.3 Å². The molecule has 30 heavy (non-hydrogen) atoms. The topological polar surface area (TPSA) is 110 Å². The van der Waals surface area contributed by atoms with Crippen molar-refractivity contribution in [3.05, 3.63) is 65.2 Å². The SMILES string of the molecule is NC(=O)C1CCN(C(=O)[C@@H](Cc2ccccc2)NS(=O)(=O)c2ccc(Cl)cc2)CC1. The van der Waals surface area contributed by atoms with Crippen molar-refractivity contribution in [3.63, 3.8) is 0 Å². The van der Waals surface area contributed by atoms with Crippen LogP contribution in [-0.2, 0) is 26.0 Å². The Labute approximate surface area is 181 Å². The average molecular weight is 450 g/mol. The zero-order valence-corrected chi connectivity index (χ0v) is 17.9. The second kappa shape index (κ2) is 9.59. The highest BCUT2D eigenvalue weighted by Crippen LogP contribution is 2.20. The van der Waals surface area contributed by atoms with Crippen LogP contribution in [0.3, 0.4) is 0 Å². The lowest BCUT2D eigenvalue weighted by atomic mass is 9.95. The van der Waals surface area contributed by atoms with Crippen LogP contribution in [0.1, 0.15) is 18.4 Å². The number of amides is 2. The van der Waals surface area contributed by atoms with E-state index >= 15 is 0 Å². The van der Waals surface area contributed by atoms with Gasteiger partial charge in [0, 0.05) is 24.0 Å². The highest BCUT2D eigenvalue weighted by atomic mass is 35.5. The quantitative estimate of drug-likeness (QED) is 0.673. The van der Waals surface area contributed by atoms with Gasteiger partial charge in [0.15, 0.2) is 0 Å². The first-order valence-electron chi connectivity index (χ1n) is 9.66. The number of hydrogen-bond acceptors (Lipinski definition) is 4. The fourth-order valence-electron chi connectivity index (χ4n) is 3.50. The molecule has 1 saturated heterocycles. The van der Waals surface area contributed by atoms with Gasteiger partial charge in [-0.3, -0.25) is 9.59 Å². The van der Waals surface area contributed by atoms with Crippen molar-refractivity contribution in [2.45, 2.75) is 30.2 Å². The molecule has 3 rings (SSSR count). The summed E-state index contributed by atoms with van der Waals surface area (Å²) in [5, 5.41) is 0.420. The Kier molecular flexibility index (Phi) is 7.12. The van der Waals surface area contributed by atoms with Crippen molar-refractivity contribution in [2.24, 2.45) is 11.7 Å². The molecule has 0 unspecified atom stereocenters. The van der Waals surface area contributed by atoms with Gasteiger partial charge in [-0.05, 0) is 49.1 Å². The van der Waals surface area contributed by atoms with Crippen LogP contribution in [0.25, 0.3) is 0 Å². The van der Waals surface area contributed by atoms with Gasteiger partial charge in [-0.2, -0.15) is 4.72 Å². The molecule has 1 fully saturated rings. The number of hydrogen-bond donors (Lipinski definition) is 2. The monoisotopic (exact) mass is 449 g/mol. The molecule has 0 aliphatic carbocycles. The second-order valence-electron chi connectivity index (χ2n) is 7.32. The Balaban J connectivity index is 1.80. The molecule has 3 N–H and O–H groups in total. The summed E-state index contributed by atoms with van der Waals surface area (Å²) in [6.45, 7) is 0.723. The molecule has 1 aliphatic heterocycles. The van der Waals surface area contributed by atoms with Crippen LogP contribution < -0.4 is 10.5 Å². The summed E-state index contributed by atoms with van der Waals surface area (Å²) < 4.78 is 28.3. The van der Waals surface area contributed by atoms with E-state index in [1.807, 2.05) is 30.3 Å². The highest BCUT2D eigenvalue weighted by molar-refractivity contribution is 7.89. The molecule has 160 valence electrons. The average Bonchev–Trinajstić information content (AvgIpc) is 2.74. The standard InChI is InChI=1S/C21H24ClN3O4S/c22-17-6-8-18(9-7-17)30(28,29)24-19(14-15-4-2-1-3-5-15)21(27)25-12-10-16(11-13-25)20(23)26/h1-9,16,19,24H,10-14H2,(H2,23,26)/t19-/m1/s1. The van der Waals surface area contributed by atoms with Crippen LogP contribution in [0, 0.1) is 5.92 Å². The van der Waals surface area contributed by atoms with Crippen molar-refractivity contribution < 1.29 is 18.0 Å². The smallest absolute Gasteiger partial charge is 0.241 e. The number of nitrogens with one attached hydrogen (secondary N) is 1. The van der Waals surface area contributed by atoms with Gasteiger partial charge in [-0.25, -0.2) is 8.42 Å². The van der Waals surface area contributed by atoms with Gasteiger partial charge < -0.3 is 10.6 Å². The van der Waals surface area contributed by atoms with E-state index in [4.69, 9.17) is 17.3 Å². The molecule has 1 heterocycles. The van der Waals surface area contributed by atoms with Crippen LogP contribution in [0.2, 0.25) is 5.02 Å². The van der Waals surface area contributed by atoms with Gasteiger partial charge in [-0.1, -0.05) is 41.9 Å². The van der Waals surface area contributed by atoms with Gasteiger partial charge >= 0.3 is 0 Å². The number of likely N-dealkylation sites (tertiary alicyclic amines) is 1. The lowest BCUT2D eigenvalue weighted by Crippen LogP contribution is -2.52. The second-order valence-corrected chi connectivity index (χ2v) is 9.47. The Bertz CT molecular complexity index is 989. The molecule has 9 heteroatoms. The number of rotatable bonds is 7. The first-order valence-corrected chi connectivity index (χ1v) is 11.5. The Morgan fingerprint density at radius 2 is 1.67 bits per heavy atom. The number of nitrogens with two attached hydrogens (primary N) is 1. The van der Waals surface area contributed by atoms with Crippen molar-refractivity contribution >= 4 is 33.4 Å². The van der Waals surface area contributed by atoms with Crippen molar-refractivity contribution in [3.8, 4) is 0 Å². The summed E-state index contributed by atoms with van der Waals surface area (Å²) >= 11 is 5.85. The maximum absolute atomic E-state index is 13.2. The molecule has 2 amide bonds. The van der Waals surface area contributed by atoms with E-state index in [2.05, 4.69) is 4.72 Å². The summed E-state index contributed by atoms with van der Waals surface area (Å²) in [5.74, 6) is -0.946. The number of halogens is 1. The third-order valence-corrected chi connectivity index (χ3v) is 6.95. The van der Waals surface area contributed by atoms with E-state index in [0.29, 0.717) is 31.0 Å². The predicted molar refractivity (Wildman–Crippen MR) is 114 cm³/mol. The molecule has 0 radical (unpaired) electrons. The number of piperidine rings is 1. The summed E-state index contributed by atoms with van der Waals surface area (Å²) in [5.41, 5.74) is 6.20. The lowest BCUT2D eigenvalue weighted by Gasteiger charge is -2.33. The van der Waals surface area contributed by atoms with E-state index in [0.717, 1.165) is 5.56 Å². The van der Waals surface area contributed by atoms with Crippen LogP contribution in [0.15, 0.2) is 59.5 Å². The summed E-state index contributed by atoms with van der Waals surface area (Å²) in [7, 11) is -3.93. The largest absolute Gasteiger partial charge is 0.369 e. The summed E-state index contributed by atoms with van der Waals surface area (Å²) in [6, 6.07) is 14.0. The van der Waals surface area contributed by atoms with Gasteiger partial charge in [0.05, 0.1) is 4.90 Å². The van der Waals surface area contributed by atoms with Crippen LogP contribution in [-0.4, -0.2) is 44.3 Å². The molecule has 0 bridgehead atoms. The van der Waals surface area contributed by atoms with Crippen molar-refractivity contribution in [1.82, 2.24) is 9.62 Å². The molecule has 1 atom stereocenters. The molecule has 2 aromatic carbocycles. The Hall–Kier alpha value is -2.42. The fourth-order valence-corrected chi connectivity index (χ4v) is 4.82. The number of primary amides is 1. The van der Waals surface area contributed by atoms with Crippen LogP contribution in [0.5, 0.6) is 0 Å². The molecule has 1 aliphatic rings. The number of benzene rings is 2. The molecule has 0 aromatic heterocycles.